The lowest BCUT2D eigenvalue weighted by Gasteiger charge is -2.34. The SMILES string of the molecule is COc1ccc(CN2CCN(C(=O)CNC(=O)Cc3ccccc3)CC2)cc1F. The third-order valence-electron chi connectivity index (χ3n) is 4.99. The Balaban J connectivity index is 1.40. The molecule has 1 aliphatic rings. The van der Waals surface area contributed by atoms with Crippen LogP contribution in [0.1, 0.15) is 11.1 Å². The molecule has 0 aliphatic carbocycles. The van der Waals surface area contributed by atoms with Gasteiger partial charge in [0.05, 0.1) is 20.1 Å². The van der Waals surface area contributed by atoms with Gasteiger partial charge in [0.25, 0.3) is 0 Å². The number of halogens is 1. The Morgan fingerprint density at radius 2 is 1.76 bits per heavy atom. The zero-order chi connectivity index (χ0) is 20.6. The van der Waals surface area contributed by atoms with E-state index in [0.717, 1.165) is 11.1 Å². The van der Waals surface area contributed by atoms with Crippen LogP contribution in [0.15, 0.2) is 48.5 Å². The molecule has 0 spiro atoms. The molecule has 0 atom stereocenters. The number of benzene rings is 2. The minimum Gasteiger partial charge on any atom is -0.494 e. The maximum atomic E-state index is 13.8. The Morgan fingerprint density at radius 3 is 2.41 bits per heavy atom. The second-order valence-corrected chi connectivity index (χ2v) is 7.06. The molecule has 1 heterocycles. The van der Waals surface area contributed by atoms with Gasteiger partial charge in [0.15, 0.2) is 11.6 Å². The summed E-state index contributed by atoms with van der Waals surface area (Å²) in [5.41, 5.74) is 1.79. The zero-order valence-corrected chi connectivity index (χ0v) is 16.6. The van der Waals surface area contributed by atoms with Gasteiger partial charge in [-0.25, -0.2) is 4.39 Å². The molecule has 2 amide bonds. The van der Waals surface area contributed by atoms with Crippen LogP contribution < -0.4 is 10.1 Å². The van der Waals surface area contributed by atoms with Crippen LogP contribution in [0.2, 0.25) is 0 Å². The molecule has 7 heteroatoms. The number of carbonyl (C=O) groups is 2. The third kappa shape index (κ3) is 6.02. The number of nitrogens with zero attached hydrogens (tertiary/aromatic N) is 2. The number of rotatable bonds is 7. The van der Waals surface area contributed by atoms with E-state index in [0.29, 0.717) is 32.7 Å². The second kappa shape index (κ2) is 10.0. The fourth-order valence-corrected chi connectivity index (χ4v) is 3.35. The maximum Gasteiger partial charge on any atom is 0.242 e. The van der Waals surface area contributed by atoms with Gasteiger partial charge in [-0.2, -0.15) is 0 Å². The standard InChI is InChI=1S/C22H26FN3O3/c1-29-20-8-7-18(13-19(20)23)16-25-9-11-26(12-10-25)22(28)15-24-21(27)14-17-5-3-2-4-6-17/h2-8,13H,9-12,14-16H2,1H3,(H,24,27). The number of piperazine rings is 1. The monoisotopic (exact) mass is 399 g/mol. The lowest BCUT2D eigenvalue weighted by atomic mass is 10.1. The Hall–Kier alpha value is -2.93. The predicted octanol–water partition coefficient (Wildman–Crippen LogP) is 1.84. The Bertz CT molecular complexity index is 836. The van der Waals surface area contributed by atoms with Crippen LogP contribution in [0.5, 0.6) is 5.75 Å². The van der Waals surface area contributed by atoms with E-state index >= 15 is 0 Å². The number of methoxy groups -OCH3 is 1. The third-order valence-corrected chi connectivity index (χ3v) is 4.99. The van der Waals surface area contributed by atoms with E-state index in [1.165, 1.54) is 13.2 Å². The lowest BCUT2D eigenvalue weighted by molar-refractivity contribution is -0.134. The molecule has 6 nitrogen and oxygen atoms in total. The van der Waals surface area contributed by atoms with Crippen LogP contribution >= 0.6 is 0 Å². The van der Waals surface area contributed by atoms with Crippen molar-refractivity contribution in [1.29, 1.82) is 0 Å². The van der Waals surface area contributed by atoms with E-state index in [4.69, 9.17) is 4.74 Å². The van der Waals surface area contributed by atoms with Crippen molar-refractivity contribution < 1.29 is 18.7 Å². The molecule has 0 radical (unpaired) electrons. The van der Waals surface area contributed by atoms with Crippen molar-refractivity contribution in [2.24, 2.45) is 0 Å². The number of carbonyl (C=O) groups excluding carboxylic acids is 2. The van der Waals surface area contributed by atoms with Crippen LogP contribution in [-0.4, -0.2) is 61.4 Å². The van der Waals surface area contributed by atoms with Crippen LogP contribution in [0.4, 0.5) is 4.39 Å². The van der Waals surface area contributed by atoms with Crippen molar-refractivity contribution in [3.8, 4) is 5.75 Å². The highest BCUT2D eigenvalue weighted by Crippen LogP contribution is 2.19. The van der Waals surface area contributed by atoms with Gasteiger partial charge in [-0.3, -0.25) is 14.5 Å². The first kappa shape index (κ1) is 20.8. The molecular weight excluding hydrogens is 373 g/mol. The first-order valence-corrected chi connectivity index (χ1v) is 9.68. The summed E-state index contributed by atoms with van der Waals surface area (Å²) in [5, 5.41) is 2.70. The summed E-state index contributed by atoms with van der Waals surface area (Å²) in [6, 6.07) is 14.4. The molecule has 1 aliphatic heterocycles. The lowest BCUT2D eigenvalue weighted by Crippen LogP contribution is -2.50. The summed E-state index contributed by atoms with van der Waals surface area (Å²) in [6.07, 6.45) is 0.264. The van der Waals surface area contributed by atoms with Crippen molar-refractivity contribution in [2.75, 3.05) is 39.8 Å². The van der Waals surface area contributed by atoms with Gasteiger partial charge in [-0.1, -0.05) is 36.4 Å². The summed E-state index contributed by atoms with van der Waals surface area (Å²) in [6.45, 7) is 3.22. The van der Waals surface area contributed by atoms with Crippen LogP contribution in [0.3, 0.4) is 0 Å². The van der Waals surface area contributed by atoms with Crippen molar-refractivity contribution in [1.82, 2.24) is 15.1 Å². The quantitative estimate of drug-likeness (QED) is 0.772. The maximum absolute atomic E-state index is 13.8. The Labute approximate surface area is 170 Å². The number of nitrogens with one attached hydrogen (secondary N) is 1. The fraction of sp³-hybridized carbons (Fsp3) is 0.364. The molecule has 0 bridgehead atoms. The molecule has 0 aromatic heterocycles. The fourth-order valence-electron chi connectivity index (χ4n) is 3.35. The average molecular weight is 399 g/mol. The van der Waals surface area contributed by atoms with Crippen molar-refractivity contribution in [3.05, 3.63) is 65.5 Å². The van der Waals surface area contributed by atoms with E-state index in [-0.39, 0.29) is 36.3 Å². The topological polar surface area (TPSA) is 61.9 Å². The van der Waals surface area contributed by atoms with E-state index in [2.05, 4.69) is 10.2 Å². The van der Waals surface area contributed by atoms with Gasteiger partial charge in [-0.05, 0) is 23.3 Å². The van der Waals surface area contributed by atoms with Gasteiger partial charge in [0, 0.05) is 32.7 Å². The molecule has 2 aromatic carbocycles. The van der Waals surface area contributed by atoms with Crippen molar-refractivity contribution in [2.45, 2.75) is 13.0 Å². The highest BCUT2D eigenvalue weighted by molar-refractivity contribution is 5.85. The molecule has 0 saturated carbocycles. The summed E-state index contributed by atoms with van der Waals surface area (Å²) in [4.78, 5) is 28.3. The van der Waals surface area contributed by atoms with Gasteiger partial charge in [-0.15, -0.1) is 0 Å². The first-order chi connectivity index (χ1) is 14.0. The molecule has 1 N–H and O–H groups in total. The minimum absolute atomic E-state index is 0.00928. The molecular formula is C22H26FN3O3. The Morgan fingerprint density at radius 1 is 1.03 bits per heavy atom. The highest BCUT2D eigenvalue weighted by atomic mass is 19.1. The molecule has 1 fully saturated rings. The van der Waals surface area contributed by atoms with Crippen molar-refractivity contribution >= 4 is 11.8 Å². The predicted molar refractivity (Wildman–Crippen MR) is 108 cm³/mol. The van der Waals surface area contributed by atoms with E-state index < -0.39 is 0 Å². The second-order valence-electron chi connectivity index (χ2n) is 7.06. The largest absolute Gasteiger partial charge is 0.494 e. The smallest absolute Gasteiger partial charge is 0.242 e. The highest BCUT2D eigenvalue weighted by Gasteiger charge is 2.21. The molecule has 29 heavy (non-hydrogen) atoms. The molecule has 0 unspecified atom stereocenters. The number of amides is 2. The van der Waals surface area contributed by atoms with Gasteiger partial charge in [0.2, 0.25) is 11.8 Å². The van der Waals surface area contributed by atoms with E-state index in [9.17, 15) is 14.0 Å². The average Bonchev–Trinajstić information content (AvgIpc) is 2.73. The van der Waals surface area contributed by atoms with E-state index in [1.54, 1.807) is 11.0 Å². The first-order valence-electron chi connectivity index (χ1n) is 9.68. The molecule has 2 aromatic rings. The van der Waals surface area contributed by atoms with Crippen LogP contribution in [0.25, 0.3) is 0 Å². The molecule has 1 saturated heterocycles. The van der Waals surface area contributed by atoms with Crippen LogP contribution in [-0.2, 0) is 22.6 Å². The summed E-state index contributed by atoms with van der Waals surface area (Å²) >= 11 is 0. The molecule has 154 valence electrons. The summed E-state index contributed by atoms with van der Waals surface area (Å²) in [5.74, 6) is -0.380. The number of ether oxygens (including phenoxy) is 1. The van der Waals surface area contributed by atoms with E-state index in [1.807, 2.05) is 36.4 Å². The number of hydrogen-bond acceptors (Lipinski definition) is 4. The summed E-state index contributed by atoms with van der Waals surface area (Å²) in [7, 11) is 1.44. The van der Waals surface area contributed by atoms with Crippen molar-refractivity contribution in [3.63, 3.8) is 0 Å². The molecule has 3 rings (SSSR count). The Kier molecular flexibility index (Phi) is 7.19. The normalized spacial score (nSPS) is 14.5. The summed E-state index contributed by atoms with van der Waals surface area (Å²) < 4.78 is 18.8. The van der Waals surface area contributed by atoms with Crippen LogP contribution in [0, 0.1) is 5.82 Å². The number of hydrogen-bond donors (Lipinski definition) is 1. The van der Waals surface area contributed by atoms with Gasteiger partial charge >= 0.3 is 0 Å². The zero-order valence-electron chi connectivity index (χ0n) is 16.6. The van der Waals surface area contributed by atoms with Gasteiger partial charge in [0.1, 0.15) is 0 Å². The minimum atomic E-state index is -0.370. The van der Waals surface area contributed by atoms with Gasteiger partial charge < -0.3 is 15.0 Å².